The van der Waals surface area contributed by atoms with Gasteiger partial charge in [-0.05, 0) is 43.7 Å². The van der Waals surface area contributed by atoms with Gasteiger partial charge >= 0.3 is 5.97 Å². The number of methoxy groups -OCH3 is 1. The number of hydrogen-bond acceptors (Lipinski definition) is 5. The predicted molar refractivity (Wildman–Crippen MR) is 103 cm³/mol. The van der Waals surface area contributed by atoms with Gasteiger partial charge in [-0.1, -0.05) is 29.3 Å². The summed E-state index contributed by atoms with van der Waals surface area (Å²) >= 11 is 12.3. The fourth-order valence-electron chi connectivity index (χ4n) is 2.74. The number of ether oxygens (including phenoxy) is 3. The molecule has 0 N–H and O–H groups in total. The third-order valence-corrected chi connectivity index (χ3v) is 4.72. The number of allylic oxidation sites excluding steroid dienone is 1. The van der Waals surface area contributed by atoms with Crippen molar-refractivity contribution in [3.8, 4) is 11.5 Å². The minimum absolute atomic E-state index is 0.112. The number of fused-ring (bicyclic) bond motifs is 1. The molecule has 1 aliphatic heterocycles. The first-order valence-corrected chi connectivity index (χ1v) is 8.84. The van der Waals surface area contributed by atoms with Crippen LogP contribution >= 0.6 is 23.2 Å². The molecule has 7 heteroatoms. The summed E-state index contributed by atoms with van der Waals surface area (Å²) in [7, 11) is 1.29. The molecule has 0 fully saturated rings. The number of rotatable bonds is 4. The average molecular weight is 407 g/mol. The summed E-state index contributed by atoms with van der Waals surface area (Å²) < 4.78 is 15.9. The van der Waals surface area contributed by atoms with Gasteiger partial charge in [0.1, 0.15) is 11.5 Å². The number of ketones is 1. The molecule has 0 radical (unpaired) electrons. The van der Waals surface area contributed by atoms with Gasteiger partial charge in [0.25, 0.3) is 0 Å². The van der Waals surface area contributed by atoms with Crippen molar-refractivity contribution in [2.45, 2.75) is 20.0 Å². The Labute approximate surface area is 166 Å². The number of halogens is 2. The third kappa shape index (κ3) is 3.80. The van der Waals surface area contributed by atoms with E-state index in [0.717, 1.165) is 0 Å². The molecule has 2 aromatic rings. The normalized spacial score (nSPS) is 15.3. The van der Waals surface area contributed by atoms with E-state index in [1.807, 2.05) is 0 Å². The van der Waals surface area contributed by atoms with Crippen molar-refractivity contribution in [1.29, 1.82) is 0 Å². The minimum atomic E-state index is -0.790. The van der Waals surface area contributed by atoms with Gasteiger partial charge in [0.15, 0.2) is 11.9 Å². The zero-order valence-electron chi connectivity index (χ0n) is 14.8. The summed E-state index contributed by atoms with van der Waals surface area (Å²) in [6.45, 7) is 3.34. The van der Waals surface area contributed by atoms with Crippen molar-refractivity contribution >= 4 is 41.0 Å². The fourth-order valence-corrected chi connectivity index (χ4v) is 3.25. The Morgan fingerprint density at radius 1 is 1.22 bits per heavy atom. The summed E-state index contributed by atoms with van der Waals surface area (Å²) in [4.78, 5) is 24.3. The van der Waals surface area contributed by atoms with Crippen LogP contribution in [0.25, 0.3) is 6.08 Å². The van der Waals surface area contributed by atoms with E-state index in [2.05, 4.69) is 4.74 Å². The monoisotopic (exact) mass is 406 g/mol. The second kappa shape index (κ2) is 7.62. The number of esters is 1. The molecule has 0 aromatic heterocycles. The Kier molecular flexibility index (Phi) is 5.44. The summed E-state index contributed by atoms with van der Waals surface area (Å²) in [6, 6.07) is 8.31. The van der Waals surface area contributed by atoms with E-state index in [0.29, 0.717) is 38.2 Å². The molecule has 140 valence electrons. The van der Waals surface area contributed by atoms with Crippen molar-refractivity contribution in [3.05, 3.63) is 62.8 Å². The molecule has 0 amide bonds. The van der Waals surface area contributed by atoms with Crippen molar-refractivity contribution in [1.82, 2.24) is 0 Å². The van der Waals surface area contributed by atoms with Crippen LogP contribution in [0, 0.1) is 6.92 Å². The Morgan fingerprint density at radius 2 is 1.89 bits per heavy atom. The van der Waals surface area contributed by atoms with Crippen LogP contribution in [0.4, 0.5) is 0 Å². The maximum absolute atomic E-state index is 12.7. The predicted octanol–water partition coefficient (Wildman–Crippen LogP) is 4.86. The van der Waals surface area contributed by atoms with Gasteiger partial charge in [-0.2, -0.15) is 0 Å². The standard InChI is InChI=1S/C20H16Cl2O5/c1-10-7-12(26-11(2)20(24)25-3)8-16-18(10)19(23)17(27-16)9-13-14(21)5-4-6-15(13)22/h4-9,11H,1-3H3/b17-9-. The van der Waals surface area contributed by atoms with Crippen LogP contribution < -0.4 is 9.47 Å². The molecule has 1 atom stereocenters. The first-order chi connectivity index (χ1) is 12.8. The van der Waals surface area contributed by atoms with Crippen LogP contribution in [0.2, 0.25) is 10.0 Å². The molecule has 1 heterocycles. The van der Waals surface area contributed by atoms with Gasteiger partial charge in [-0.25, -0.2) is 4.79 Å². The van der Waals surface area contributed by atoms with Crippen molar-refractivity contribution in [3.63, 3.8) is 0 Å². The largest absolute Gasteiger partial charge is 0.479 e. The lowest BCUT2D eigenvalue weighted by Crippen LogP contribution is -2.24. The van der Waals surface area contributed by atoms with E-state index in [9.17, 15) is 9.59 Å². The molecule has 3 rings (SSSR count). The number of carbonyl (C=O) groups is 2. The molecule has 0 saturated carbocycles. The highest BCUT2D eigenvalue weighted by Gasteiger charge is 2.31. The molecule has 27 heavy (non-hydrogen) atoms. The first-order valence-electron chi connectivity index (χ1n) is 8.09. The summed E-state index contributed by atoms with van der Waals surface area (Å²) in [5, 5.41) is 0.824. The van der Waals surface area contributed by atoms with Crippen LogP contribution in [-0.2, 0) is 9.53 Å². The molecule has 0 saturated heterocycles. The number of aryl methyl sites for hydroxylation is 1. The lowest BCUT2D eigenvalue weighted by atomic mass is 10.0. The Balaban J connectivity index is 1.94. The SMILES string of the molecule is COC(=O)C(C)Oc1cc(C)c2c(c1)O/C(=C\c1c(Cl)cccc1Cl)C2=O. The zero-order chi connectivity index (χ0) is 19.7. The number of carbonyl (C=O) groups excluding carboxylic acids is 2. The van der Waals surface area contributed by atoms with E-state index in [-0.39, 0.29) is 11.5 Å². The summed E-state index contributed by atoms with van der Waals surface area (Å²) in [6.07, 6.45) is 0.728. The molecule has 1 aliphatic rings. The lowest BCUT2D eigenvalue weighted by molar-refractivity contribution is -0.147. The molecular weight excluding hydrogens is 391 g/mol. The van der Waals surface area contributed by atoms with Crippen LogP contribution in [0.15, 0.2) is 36.1 Å². The lowest BCUT2D eigenvalue weighted by Gasteiger charge is -2.13. The third-order valence-electron chi connectivity index (χ3n) is 4.06. The van der Waals surface area contributed by atoms with Crippen molar-refractivity contribution in [2.75, 3.05) is 7.11 Å². The number of Topliss-reactive ketones (excluding diaryl/α,β-unsaturated/α-hetero) is 1. The summed E-state index contributed by atoms with van der Waals surface area (Å²) in [5.74, 6) is 0.0851. The smallest absolute Gasteiger partial charge is 0.346 e. The van der Waals surface area contributed by atoms with Crippen LogP contribution in [0.1, 0.15) is 28.4 Å². The summed E-state index contributed by atoms with van der Waals surface area (Å²) in [5.41, 5.74) is 1.60. The van der Waals surface area contributed by atoms with Crippen molar-refractivity contribution in [2.24, 2.45) is 0 Å². The Hall–Kier alpha value is -2.50. The second-order valence-corrected chi connectivity index (χ2v) is 6.79. The number of hydrogen-bond donors (Lipinski definition) is 0. The molecule has 5 nitrogen and oxygen atoms in total. The minimum Gasteiger partial charge on any atom is -0.479 e. The maximum Gasteiger partial charge on any atom is 0.346 e. The quantitative estimate of drug-likeness (QED) is 0.535. The van der Waals surface area contributed by atoms with Crippen molar-refractivity contribution < 1.29 is 23.8 Å². The van der Waals surface area contributed by atoms with E-state index < -0.39 is 12.1 Å². The average Bonchev–Trinajstić information content (AvgIpc) is 2.93. The fraction of sp³-hybridized carbons (Fsp3) is 0.200. The highest BCUT2D eigenvalue weighted by molar-refractivity contribution is 6.37. The molecule has 0 aliphatic carbocycles. The highest BCUT2D eigenvalue weighted by Crippen LogP contribution is 2.39. The molecule has 0 spiro atoms. The molecular formula is C20H16Cl2O5. The Morgan fingerprint density at radius 3 is 2.52 bits per heavy atom. The van der Waals surface area contributed by atoms with E-state index in [1.165, 1.54) is 13.2 Å². The number of benzene rings is 2. The van der Waals surface area contributed by atoms with E-state index in [4.69, 9.17) is 32.7 Å². The van der Waals surface area contributed by atoms with Gasteiger partial charge in [-0.3, -0.25) is 4.79 Å². The van der Waals surface area contributed by atoms with E-state index in [1.54, 1.807) is 44.2 Å². The highest BCUT2D eigenvalue weighted by atomic mass is 35.5. The van der Waals surface area contributed by atoms with Gasteiger partial charge in [-0.15, -0.1) is 0 Å². The zero-order valence-corrected chi connectivity index (χ0v) is 16.4. The van der Waals surface area contributed by atoms with Gasteiger partial charge in [0.05, 0.1) is 12.7 Å². The molecule has 2 aromatic carbocycles. The molecule has 0 bridgehead atoms. The first kappa shape index (κ1) is 19.3. The maximum atomic E-state index is 12.7. The topological polar surface area (TPSA) is 61.8 Å². The van der Waals surface area contributed by atoms with Crippen LogP contribution in [0.5, 0.6) is 11.5 Å². The van der Waals surface area contributed by atoms with Gasteiger partial charge in [0.2, 0.25) is 5.78 Å². The van der Waals surface area contributed by atoms with Gasteiger partial charge < -0.3 is 14.2 Å². The van der Waals surface area contributed by atoms with E-state index >= 15 is 0 Å². The van der Waals surface area contributed by atoms with Gasteiger partial charge in [0, 0.05) is 21.7 Å². The van der Waals surface area contributed by atoms with Crippen LogP contribution in [0.3, 0.4) is 0 Å². The Bertz CT molecular complexity index is 945. The van der Waals surface area contributed by atoms with Crippen LogP contribution in [-0.4, -0.2) is 25.0 Å². The second-order valence-electron chi connectivity index (χ2n) is 5.97. The molecule has 1 unspecified atom stereocenters.